The van der Waals surface area contributed by atoms with Gasteiger partial charge >= 0.3 is 6.09 Å². The largest absolute Gasteiger partial charge is 0.465 e. The molecule has 1 fully saturated rings. The summed E-state index contributed by atoms with van der Waals surface area (Å²) in [5.41, 5.74) is 2.33. The van der Waals surface area contributed by atoms with Gasteiger partial charge in [-0.1, -0.05) is 22.6 Å². The molecule has 0 radical (unpaired) electrons. The van der Waals surface area contributed by atoms with Crippen molar-refractivity contribution in [2.45, 2.75) is 17.4 Å². The number of halogens is 1. The molecular formula is C17H19IN4O3. The lowest BCUT2D eigenvalue weighted by atomic mass is 10.2. The smallest absolute Gasteiger partial charge is 0.409 e. The number of alkyl halides is 1. The number of amides is 1. The van der Waals surface area contributed by atoms with Gasteiger partial charge < -0.3 is 14.7 Å². The first-order valence-electron chi connectivity index (χ1n) is 7.95. The predicted octanol–water partition coefficient (Wildman–Crippen LogP) is 3.39. The molecule has 0 aliphatic carbocycles. The molecule has 0 bridgehead atoms. The Kier molecular flexibility index (Phi) is 5.69. The monoisotopic (exact) mass is 454 g/mol. The summed E-state index contributed by atoms with van der Waals surface area (Å²) in [6.45, 7) is 4.31. The SMILES string of the molecule is C[C@H]1COCCN1c1cc(CI)nc(-c2ccc(NC(=O)O)cc2)n1. The van der Waals surface area contributed by atoms with Gasteiger partial charge in [0.2, 0.25) is 0 Å². The molecule has 2 aromatic rings. The lowest BCUT2D eigenvalue weighted by Gasteiger charge is -2.34. The van der Waals surface area contributed by atoms with Gasteiger partial charge in [-0.3, -0.25) is 5.32 Å². The summed E-state index contributed by atoms with van der Waals surface area (Å²) in [7, 11) is 0. The minimum absolute atomic E-state index is 0.265. The van der Waals surface area contributed by atoms with Gasteiger partial charge in [-0.2, -0.15) is 0 Å². The standard InChI is InChI=1S/C17H19IN4O3/c1-11-10-25-7-6-22(11)15-8-14(9-18)19-16(21-15)12-2-4-13(5-3-12)20-17(23)24/h2-5,8,11,20H,6-7,9-10H2,1H3,(H,23,24)/t11-/m0/s1. The third kappa shape index (κ3) is 4.37. The van der Waals surface area contributed by atoms with Gasteiger partial charge in [-0.05, 0) is 31.2 Å². The molecule has 2 N–H and O–H groups in total. The molecule has 0 unspecified atom stereocenters. The van der Waals surface area contributed by atoms with E-state index < -0.39 is 6.09 Å². The minimum Gasteiger partial charge on any atom is -0.465 e. The number of rotatable bonds is 4. The minimum atomic E-state index is -1.08. The van der Waals surface area contributed by atoms with Crippen molar-refractivity contribution in [2.24, 2.45) is 0 Å². The third-order valence-corrected chi connectivity index (χ3v) is 4.74. The number of carboxylic acid groups (broad SMARTS) is 1. The number of carbonyl (C=O) groups is 1. The van der Waals surface area contributed by atoms with Crippen LogP contribution >= 0.6 is 22.6 Å². The van der Waals surface area contributed by atoms with Crippen LogP contribution in [0.4, 0.5) is 16.3 Å². The fraction of sp³-hybridized carbons (Fsp3) is 0.353. The number of benzene rings is 1. The Labute approximate surface area is 159 Å². The van der Waals surface area contributed by atoms with Crippen molar-refractivity contribution >= 4 is 40.2 Å². The summed E-state index contributed by atoms with van der Waals surface area (Å²) in [4.78, 5) is 22.3. The molecule has 132 valence electrons. The summed E-state index contributed by atoms with van der Waals surface area (Å²) < 4.78 is 6.30. The van der Waals surface area contributed by atoms with E-state index in [1.807, 2.05) is 18.2 Å². The van der Waals surface area contributed by atoms with Gasteiger partial charge in [0, 0.05) is 28.3 Å². The van der Waals surface area contributed by atoms with E-state index in [2.05, 4.69) is 44.7 Å². The Morgan fingerprint density at radius 3 is 2.80 bits per heavy atom. The number of aromatic nitrogens is 2. The maximum atomic E-state index is 10.7. The van der Waals surface area contributed by atoms with Gasteiger partial charge in [0.05, 0.1) is 24.9 Å². The molecule has 25 heavy (non-hydrogen) atoms. The Hall–Kier alpha value is -1.94. The first-order chi connectivity index (χ1) is 12.1. The van der Waals surface area contributed by atoms with Crippen molar-refractivity contribution in [3.8, 4) is 11.4 Å². The number of anilines is 2. The number of hydrogen-bond donors (Lipinski definition) is 2. The van der Waals surface area contributed by atoms with Gasteiger partial charge in [0.25, 0.3) is 0 Å². The Bertz CT molecular complexity index is 754. The number of nitrogens with zero attached hydrogens (tertiary/aromatic N) is 3. The van der Waals surface area contributed by atoms with Crippen LogP contribution in [0.25, 0.3) is 11.4 Å². The average Bonchev–Trinajstić information content (AvgIpc) is 2.62. The highest BCUT2D eigenvalue weighted by Gasteiger charge is 2.21. The molecule has 1 saturated heterocycles. The molecule has 1 amide bonds. The second kappa shape index (κ2) is 7.96. The van der Waals surface area contributed by atoms with E-state index in [-0.39, 0.29) is 6.04 Å². The van der Waals surface area contributed by atoms with Crippen LogP contribution in [0.5, 0.6) is 0 Å². The first kappa shape index (κ1) is 17.9. The van der Waals surface area contributed by atoms with Crippen LogP contribution in [-0.4, -0.2) is 47.0 Å². The van der Waals surface area contributed by atoms with Crippen LogP contribution in [0.15, 0.2) is 30.3 Å². The van der Waals surface area contributed by atoms with Crippen molar-refractivity contribution in [2.75, 3.05) is 30.0 Å². The topological polar surface area (TPSA) is 87.6 Å². The quantitative estimate of drug-likeness (QED) is 0.544. The van der Waals surface area contributed by atoms with E-state index in [9.17, 15) is 4.79 Å². The zero-order valence-electron chi connectivity index (χ0n) is 13.8. The molecule has 1 aliphatic heterocycles. The number of morpholine rings is 1. The molecule has 1 atom stereocenters. The molecule has 8 heteroatoms. The summed E-state index contributed by atoms with van der Waals surface area (Å²) >= 11 is 2.29. The van der Waals surface area contributed by atoms with Crippen molar-refractivity contribution < 1.29 is 14.6 Å². The lowest BCUT2D eigenvalue weighted by Crippen LogP contribution is -2.44. The van der Waals surface area contributed by atoms with E-state index in [0.717, 1.165) is 28.0 Å². The van der Waals surface area contributed by atoms with Crippen LogP contribution in [0.1, 0.15) is 12.6 Å². The van der Waals surface area contributed by atoms with E-state index in [4.69, 9.17) is 14.8 Å². The maximum absolute atomic E-state index is 10.7. The van der Waals surface area contributed by atoms with Gasteiger partial charge in [-0.25, -0.2) is 14.8 Å². The van der Waals surface area contributed by atoms with Crippen molar-refractivity contribution in [1.82, 2.24) is 9.97 Å². The fourth-order valence-corrected chi connectivity index (χ4v) is 3.11. The van der Waals surface area contributed by atoms with Gasteiger partial charge in [-0.15, -0.1) is 0 Å². The summed E-state index contributed by atoms with van der Waals surface area (Å²) in [6, 6.07) is 9.36. The normalized spacial score (nSPS) is 17.4. The number of ether oxygens (including phenoxy) is 1. The molecule has 3 rings (SSSR count). The van der Waals surface area contributed by atoms with Crippen molar-refractivity contribution in [1.29, 1.82) is 0 Å². The van der Waals surface area contributed by atoms with Gasteiger partial charge in [0.1, 0.15) is 5.82 Å². The second-order valence-corrected chi connectivity index (χ2v) is 6.56. The zero-order valence-corrected chi connectivity index (χ0v) is 15.9. The molecule has 1 aliphatic rings. The maximum Gasteiger partial charge on any atom is 0.409 e. The summed E-state index contributed by atoms with van der Waals surface area (Å²) in [5.74, 6) is 1.55. The Balaban J connectivity index is 1.92. The number of hydrogen-bond acceptors (Lipinski definition) is 5. The highest BCUT2D eigenvalue weighted by molar-refractivity contribution is 14.1. The molecule has 0 spiro atoms. The van der Waals surface area contributed by atoms with E-state index in [0.29, 0.717) is 24.7 Å². The molecule has 1 aromatic heterocycles. The Morgan fingerprint density at radius 2 is 2.16 bits per heavy atom. The van der Waals surface area contributed by atoms with Crippen LogP contribution in [0, 0.1) is 0 Å². The van der Waals surface area contributed by atoms with E-state index in [1.54, 1.807) is 12.1 Å². The van der Waals surface area contributed by atoms with Crippen LogP contribution < -0.4 is 10.2 Å². The fourth-order valence-electron chi connectivity index (χ4n) is 2.72. The number of nitrogens with one attached hydrogen (secondary N) is 1. The zero-order chi connectivity index (χ0) is 17.8. The Morgan fingerprint density at radius 1 is 1.40 bits per heavy atom. The molecular weight excluding hydrogens is 435 g/mol. The lowest BCUT2D eigenvalue weighted by molar-refractivity contribution is 0.0985. The van der Waals surface area contributed by atoms with Crippen LogP contribution in [0.2, 0.25) is 0 Å². The highest BCUT2D eigenvalue weighted by Crippen LogP contribution is 2.25. The van der Waals surface area contributed by atoms with Crippen LogP contribution in [0.3, 0.4) is 0 Å². The molecule has 1 aromatic carbocycles. The second-order valence-electron chi connectivity index (χ2n) is 5.80. The molecule has 2 heterocycles. The summed E-state index contributed by atoms with van der Waals surface area (Å²) in [6.07, 6.45) is -1.08. The van der Waals surface area contributed by atoms with E-state index >= 15 is 0 Å². The molecule has 0 saturated carbocycles. The molecule has 7 nitrogen and oxygen atoms in total. The average molecular weight is 454 g/mol. The highest BCUT2D eigenvalue weighted by atomic mass is 127. The first-order valence-corrected chi connectivity index (χ1v) is 9.48. The van der Waals surface area contributed by atoms with E-state index in [1.165, 1.54) is 0 Å². The van der Waals surface area contributed by atoms with Crippen LogP contribution in [-0.2, 0) is 9.16 Å². The third-order valence-electron chi connectivity index (χ3n) is 3.96. The summed E-state index contributed by atoms with van der Waals surface area (Å²) in [5, 5.41) is 11.1. The predicted molar refractivity (Wildman–Crippen MR) is 104 cm³/mol. The van der Waals surface area contributed by atoms with Crippen molar-refractivity contribution in [3.63, 3.8) is 0 Å². The van der Waals surface area contributed by atoms with Crippen molar-refractivity contribution in [3.05, 3.63) is 36.0 Å². The van der Waals surface area contributed by atoms with Gasteiger partial charge in [0.15, 0.2) is 5.82 Å².